The Kier molecular flexibility index (Phi) is 4.93. The van der Waals surface area contributed by atoms with E-state index in [9.17, 15) is 0 Å². The van der Waals surface area contributed by atoms with E-state index < -0.39 is 0 Å². The summed E-state index contributed by atoms with van der Waals surface area (Å²) in [7, 11) is 2.12. The van der Waals surface area contributed by atoms with E-state index in [0.717, 1.165) is 24.6 Å². The van der Waals surface area contributed by atoms with E-state index in [4.69, 9.17) is 0 Å². The Hall–Kier alpha value is -1.16. The molecule has 100 valence electrons. The van der Waals surface area contributed by atoms with Crippen molar-refractivity contribution in [1.82, 2.24) is 15.3 Å². The van der Waals surface area contributed by atoms with Gasteiger partial charge in [0.2, 0.25) is 5.95 Å². The molecule has 4 nitrogen and oxygen atoms in total. The molecule has 0 radical (unpaired) electrons. The lowest BCUT2D eigenvalue weighted by Gasteiger charge is -2.31. The number of hydrogen-bond donors (Lipinski definition) is 1. The SMILES string of the molecule is CCNCc1cnc(N(C)C2CCCCC2)nc1. The molecule has 1 aliphatic rings. The van der Waals surface area contributed by atoms with Crippen molar-refractivity contribution in [2.75, 3.05) is 18.5 Å². The van der Waals surface area contributed by atoms with Gasteiger partial charge in [-0.25, -0.2) is 9.97 Å². The number of aromatic nitrogens is 2. The van der Waals surface area contributed by atoms with Crippen molar-refractivity contribution in [2.24, 2.45) is 0 Å². The molecule has 0 spiro atoms. The molecule has 2 rings (SSSR count). The molecule has 1 heterocycles. The lowest BCUT2D eigenvalue weighted by Crippen LogP contribution is -2.34. The van der Waals surface area contributed by atoms with Gasteiger partial charge in [0.05, 0.1) is 0 Å². The van der Waals surface area contributed by atoms with Gasteiger partial charge in [-0.3, -0.25) is 0 Å². The van der Waals surface area contributed by atoms with Crippen molar-refractivity contribution < 1.29 is 0 Å². The van der Waals surface area contributed by atoms with Crippen molar-refractivity contribution in [1.29, 1.82) is 0 Å². The van der Waals surface area contributed by atoms with Crippen LogP contribution in [0.1, 0.15) is 44.6 Å². The Labute approximate surface area is 110 Å². The number of nitrogens with zero attached hydrogens (tertiary/aromatic N) is 3. The highest BCUT2D eigenvalue weighted by Crippen LogP contribution is 2.23. The second-order valence-corrected chi connectivity index (χ2v) is 5.07. The molecule has 1 saturated carbocycles. The van der Waals surface area contributed by atoms with Crippen LogP contribution in [0.5, 0.6) is 0 Å². The van der Waals surface area contributed by atoms with Gasteiger partial charge in [-0.15, -0.1) is 0 Å². The minimum absolute atomic E-state index is 0.623. The summed E-state index contributed by atoms with van der Waals surface area (Å²) in [6.45, 7) is 3.93. The molecule has 1 N–H and O–H groups in total. The van der Waals surface area contributed by atoms with Crippen LogP contribution in [-0.2, 0) is 6.54 Å². The van der Waals surface area contributed by atoms with Gasteiger partial charge in [0.1, 0.15) is 0 Å². The summed E-state index contributed by atoms with van der Waals surface area (Å²) in [4.78, 5) is 11.2. The fourth-order valence-electron chi connectivity index (χ4n) is 2.52. The van der Waals surface area contributed by atoms with Gasteiger partial charge in [0.25, 0.3) is 0 Å². The third kappa shape index (κ3) is 3.42. The highest BCUT2D eigenvalue weighted by Gasteiger charge is 2.19. The molecule has 1 aromatic rings. The molecule has 1 fully saturated rings. The lowest BCUT2D eigenvalue weighted by atomic mass is 9.95. The van der Waals surface area contributed by atoms with Crippen molar-refractivity contribution in [3.05, 3.63) is 18.0 Å². The van der Waals surface area contributed by atoms with Gasteiger partial charge >= 0.3 is 0 Å². The van der Waals surface area contributed by atoms with Crippen molar-refractivity contribution in [3.63, 3.8) is 0 Å². The average molecular weight is 248 g/mol. The van der Waals surface area contributed by atoms with Gasteiger partial charge in [-0.2, -0.15) is 0 Å². The van der Waals surface area contributed by atoms with Crippen LogP contribution < -0.4 is 10.2 Å². The molecule has 0 atom stereocenters. The smallest absolute Gasteiger partial charge is 0.225 e. The Morgan fingerprint density at radius 3 is 2.50 bits per heavy atom. The van der Waals surface area contributed by atoms with Gasteiger partial charge < -0.3 is 10.2 Å². The molecule has 1 aliphatic carbocycles. The number of rotatable bonds is 5. The summed E-state index contributed by atoms with van der Waals surface area (Å²) in [5, 5.41) is 3.28. The monoisotopic (exact) mass is 248 g/mol. The number of nitrogens with one attached hydrogen (secondary N) is 1. The maximum atomic E-state index is 4.48. The highest BCUT2D eigenvalue weighted by atomic mass is 15.2. The van der Waals surface area contributed by atoms with Crippen LogP contribution in [0.25, 0.3) is 0 Å². The molecule has 0 unspecified atom stereocenters. The van der Waals surface area contributed by atoms with Gasteiger partial charge in [0, 0.05) is 37.6 Å². The van der Waals surface area contributed by atoms with E-state index in [-0.39, 0.29) is 0 Å². The maximum Gasteiger partial charge on any atom is 0.225 e. The molecule has 1 aromatic heterocycles. The highest BCUT2D eigenvalue weighted by molar-refractivity contribution is 5.30. The van der Waals surface area contributed by atoms with Crippen LogP contribution >= 0.6 is 0 Å². The predicted molar refractivity (Wildman–Crippen MR) is 74.7 cm³/mol. The van der Waals surface area contributed by atoms with Gasteiger partial charge in [0.15, 0.2) is 0 Å². The zero-order valence-electron chi connectivity index (χ0n) is 11.5. The molecule has 0 aliphatic heterocycles. The molecule has 18 heavy (non-hydrogen) atoms. The first-order chi connectivity index (χ1) is 8.81. The van der Waals surface area contributed by atoms with Crippen molar-refractivity contribution in [2.45, 2.75) is 51.6 Å². The average Bonchev–Trinajstić information content (AvgIpc) is 2.46. The quantitative estimate of drug-likeness (QED) is 0.868. The summed E-state index contributed by atoms with van der Waals surface area (Å²) in [6.07, 6.45) is 10.5. The zero-order chi connectivity index (χ0) is 12.8. The fourth-order valence-corrected chi connectivity index (χ4v) is 2.52. The largest absolute Gasteiger partial charge is 0.341 e. The Morgan fingerprint density at radius 2 is 1.89 bits per heavy atom. The summed E-state index contributed by atoms with van der Waals surface area (Å²) in [6, 6.07) is 0.623. The van der Waals surface area contributed by atoms with Crippen LogP contribution in [0.2, 0.25) is 0 Å². The van der Waals surface area contributed by atoms with E-state index in [1.807, 2.05) is 12.4 Å². The molecular formula is C14H24N4. The number of hydrogen-bond acceptors (Lipinski definition) is 4. The van der Waals surface area contributed by atoms with Crippen LogP contribution in [0.3, 0.4) is 0 Å². The molecule has 4 heteroatoms. The molecule has 0 bridgehead atoms. The fraction of sp³-hybridized carbons (Fsp3) is 0.714. The summed E-state index contributed by atoms with van der Waals surface area (Å²) >= 11 is 0. The normalized spacial score (nSPS) is 16.8. The number of anilines is 1. The standard InChI is InChI=1S/C14H24N4/c1-3-15-9-12-10-16-14(17-11-12)18(2)13-7-5-4-6-8-13/h10-11,13,15H,3-9H2,1-2H3. The molecular weight excluding hydrogens is 224 g/mol. The second-order valence-electron chi connectivity index (χ2n) is 5.07. The third-order valence-electron chi connectivity index (χ3n) is 3.71. The Bertz CT molecular complexity index is 343. The molecule has 0 aromatic carbocycles. The van der Waals surface area contributed by atoms with Crippen molar-refractivity contribution >= 4 is 5.95 Å². The summed E-state index contributed by atoms with van der Waals surface area (Å²) < 4.78 is 0. The van der Waals surface area contributed by atoms with Gasteiger partial charge in [-0.05, 0) is 19.4 Å². The van der Waals surface area contributed by atoms with E-state index in [1.54, 1.807) is 0 Å². The maximum absolute atomic E-state index is 4.48. The summed E-state index contributed by atoms with van der Waals surface area (Å²) in [5.41, 5.74) is 1.15. The topological polar surface area (TPSA) is 41.1 Å². The van der Waals surface area contributed by atoms with E-state index in [2.05, 4.69) is 34.2 Å². The van der Waals surface area contributed by atoms with E-state index in [0.29, 0.717) is 6.04 Å². The third-order valence-corrected chi connectivity index (χ3v) is 3.71. The van der Waals surface area contributed by atoms with E-state index >= 15 is 0 Å². The zero-order valence-corrected chi connectivity index (χ0v) is 11.5. The molecule has 0 saturated heterocycles. The Balaban J connectivity index is 1.95. The molecule has 0 amide bonds. The lowest BCUT2D eigenvalue weighted by molar-refractivity contribution is 0.424. The first kappa shape index (κ1) is 13.3. The second kappa shape index (κ2) is 6.69. The minimum Gasteiger partial charge on any atom is -0.341 e. The van der Waals surface area contributed by atoms with Crippen LogP contribution in [0, 0.1) is 0 Å². The minimum atomic E-state index is 0.623. The first-order valence-electron chi connectivity index (χ1n) is 7.05. The first-order valence-corrected chi connectivity index (χ1v) is 7.05. The van der Waals surface area contributed by atoms with E-state index in [1.165, 1.54) is 32.1 Å². The summed E-state index contributed by atoms with van der Waals surface area (Å²) in [5.74, 6) is 0.863. The predicted octanol–water partition coefficient (Wildman–Crippen LogP) is 2.36. The van der Waals surface area contributed by atoms with Gasteiger partial charge in [-0.1, -0.05) is 26.2 Å². The Morgan fingerprint density at radius 1 is 1.22 bits per heavy atom. The van der Waals surface area contributed by atoms with Crippen LogP contribution in [-0.4, -0.2) is 29.6 Å². The van der Waals surface area contributed by atoms with Crippen LogP contribution in [0.4, 0.5) is 5.95 Å². The van der Waals surface area contributed by atoms with Crippen molar-refractivity contribution in [3.8, 4) is 0 Å². The van der Waals surface area contributed by atoms with Crippen LogP contribution in [0.15, 0.2) is 12.4 Å².